The summed E-state index contributed by atoms with van der Waals surface area (Å²) in [7, 11) is 3.26. The zero-order valence-electron chi connectivity index (χ0n) is 14.9. The molecule has 0 saturated carbocycles. The van der Waals surface area contributed by atoms with E-state index in [1.165, 1.54) is 0 Å². The Balaban J connectivity index is 1.78. The number of fused-ring (bicyclic) bond motifs is 1. The number of nitrogens with zero attached hydrogens (tertiary/aromatic N) is 4. The number of anilines is 1. The number of ether oxygens (including phenoxy) is 2. The van der Waals surface area contributed by atoms with Gasteiger partial charge in [-0.25, -0.2) is 9.97 Å². The van der Waals surface area contributed by atoms with Gasteiger partial charge in [0.1, 0.15) is 12.1 Å². The van der Waals surface area contributed by atoms with Gasteiger partial charge in [-0.15, -0.1) is 0 Å². The van der Waals surface area contributed by atoms with E-state index >= 15 is 0 Å². The van der Waals surface area contributed by atoms with Crippen molar-refractivity contribution in [3.05, 3.63) is 18.5 Å². The van der Waals surface area contributed by atoms with Crippen molar-refractivity contribution in [2.75, 3.05) is 58.5 Å². The molecule has 7 heteroatoms. The van der Waals surface area contributed by atoms with E-state index in [0.29, 0.717) is 11.5 Å². The maximum absolute atomic E-state index is 8.91. The fourth-order valence-electron chi connectivity index (χ4n) is 3.25. The summed E-state index contributed by atoms with van der Waals surface area (Å²) in [6, 6.07) is 3.85. The lowest BCUT2D eigenvalue weighted by Gasteiger charge is -2.35. The zero-order valence-corrected chi connectivity index (χ0v) is 14.9. The predicted molar refractivity (Wildman–Crippen MR) is 97.6 cm³/mol. The summed E-state index contributed by atoms with van der Waals surface area (Å²) in [5.74, 6) is 2.31. The van der Waals surface area contributed by atoms with Gasteiger partial charge in [0.25, 0.3) is 0 Å². The molecule has 2 aromatic rings. The SMILES string of the molecule is COc1cc2ncnc(N3CCN(CCCCO)CC3)c2cc1OC. The molecule has 0 unspecified atom stereocenters. The van der Waals surface area contributed by atoms with E-state index in [-0.39, 0.29) is 6.61 Å². The number of hydrogen-bond donors (Lipinski definition) is 1. The van der Waals surface area contributed by atoms with Crippen LogP contribution in [0.15, 0.2) is 18.5 Å². The molecule has 0 aliphatic carbocycles. The Bertz CT molecular complexity index is 702. The molecule has 0 atom stereocenters. The van der Waals surface area contributed by atoms with Crippen molar-refractivity contribution >= 4 is 16.7 Å². The van der Waals surface area contributed by atoms with Crippen molar-refractivity contribution in [1.29, 1.82) is 0 Å². The normalized spacial score (nSPS) is 15.6. The van der Waals surface area contributed by atoms with Gasteiger partial charge in [0.05, 0.1) is 19.7 Å². The summed E-state index contributed by atoms with van der Waals surface area (Å²) in [6.07, 6.45) is 3.53. The van der Waals surface area contributed by atoms with E-state index in [4.69, 9.17) is 14.6 Å². The number of unbranched alkanes of at least 4 members (excludes halogenated alkanes) is 1. The minimum Gasteiger partial charge on any atom is -0.493 e. The van der Waals surface area contributed by atoms with E-state index < -0.39 is 0 Å². The van der Waals surface area contributed by atoms with E-state index in [2.05, 4.69) is 19.8 Å². The van der Waals surface area contributed by atoms with E-state index in [1.807, 2.05) is 12.1 Å². The van der Waals surface area contributed by atoms with Gasteiger partial charge in [-0.05, 0) is 25.5 Å². The van der Waals surface area contributed by atoms with Gasteiger partial charge in [-0.3, -0.25) is 4.90 Å². The number of aromatic nitrogens is 2. The minimum absolute atomic E-state index is 0.276. The molecule has 0 radical (unpaired) electrons. The molecule has 1 N–H and O–H groups in total. The van der Waals surface area contributed by atoms with Gasteiger partial charge in [0, 0.05) is 44.2 Å². The maximum Gasteiger partial charge on any atom is 0.162 e. The number of rotatable bonds is 7. The molecule has 25 heavy (non-hydrogen) atoms. The maximum atomic E-state index is 8.91. The van der Waals surface area contributed by atoms with Crippen molar-refractivity contribution in [2.24, 2.45) is 0 Å². The second-order valence-corrected chi connectivity index (χ2v) is 6.18. The molecule has 0 bridgehead atoms. The number of aliphatic hydroxyl groups excluding tert-OH is 1. The molecule has 3 rings (SSSR count). The molecule has 1 aliphatic rings. The zero-order chi connectivity index (χ0) is 17.6. The van der Waals surface area contributed by atoms with Crippen LogP contribution < -0.4 is 14.4 Å². The first-order chi connectivity index (χ1) is 12.3. The van der Waals surface area contributed by atoms with Crippen LogP contribution in [0, 0.1) is 0 Å². The molecular weight excluding hydrogens is 320 g/mol. The number of aliphatic hydroxyl groups is 1. The molecule has 1 saturated heterocycles. The van der Waals surface area contributed by atoms with Crippen molar-refractivity contribution in [3.8, 4) is 11.5 Å². The second kappa shape index (κ2) is 8.31. The summed E-state index contributed by atoms with van der Waals surface area (Å²) in [5, 5.41) is 9.89. The molecule has 1 aromatic carbocycles. The fourth-order valence-corrected chi connectivity index (χ4v) is 3.25. The Kier molecular flexibility index (Phi) is 5.88. The highest BCUT2D eigenvalue weighted by atomic mass is 16.5. The number of hydrogen-bond acceptors (Lipinski definition) is 7. The van der Waals surface area contributed by atoms with Crippen molar-refractivity contribution < 1.29 is 14.6 Å². The quantitative estimate of drug-likeness (QED) is 0.763. The molecule has 2 heterocycles. The van der Waals surface area contributed by atoms with Crippen LogP contribution in [-0.4, -0.2) is 73.5 Å². The lowest BCUT2D eigenvalue weighted by molar-refractivity contribution is 0.232. The third-order valence-electron chi connectivity index (χ3n) is 4.67. The largest absolute Gasteiger partial charge is 0.493 e. The van der Waals surface area contributed by atoms with Gasteiger partial charge in [-0.1, -0.05) is 0 Å². The summed E-state index contributed by atoms with van der Waals surface area (Å²) < 4.78 is 10.8. The molecule has 0 spiro atoms. The lowest BCUT2D eigenvalue weighted by atomic mass is 10.2. The Hall–Kier alpha value is -2.12. The first kappa shape index (κ1) is 17.7. The Morgan fingerprint density at radius 3 is 2.40 bits per heavy atom. The van der Waals surface area contributed by atoms with Gasteiger partial charge in [0.2, 0.25) is 0 Å². The Morgan fingerprint density at radius 2 is 1.72 bits per heavy atom. The van der Waals surface area contributed by atoms with Crippen LogP contribution in [0.1, 0.15) is 12.8 Å². The summed E-state index contributed by atoms with van der Waals surface area (Å²) in [6.45, 7) is 5.19. The molecular formula is C18H26N4O3. The average molecular weight is 346 g/mol. The molecule has 136 valence electrons. The highest BCUT2D eigenvalue weighted by Gasteiger charge is 2.20. The van der Waals surface area contributed by atoms with Gasteiger partial charge < -0.3 is 19.5 Å². The van der Waals surface area contributed by atoms with Crippen LogP contribution in [0.5, 0.6) is 11.5 Å². The van der Waals surface area contributed by atoms with Gasteiger partial charge >= 0.3 is 0 Å². The van der Waals surface area contributed by atoms with Crippen LogP contribution in [0.2, 0.25) is 0 Å². The van der Waals surface area contributed by atoms with Gasteiger partial charge in [-0.2, -0.15) is 0 Å². The van der Waals surface area contributed by atoms with Crippen molar-refractivity contribution in [2.45, 2.75) is 12.8 Å². The molecule has 0 amide bonds. The predicted octanol–water partition coefficient (Wildman–Crippen LogP) is 1.54. The Labute approximate surface area is 148 Å². The summed E-state index contributed by atoms with van der Waals surface area (Å²) in [4.78, 5) is 13.7. The highest BCUT2D eigenvalue weighted by Crippen LogP contribution is 2.34. The van der Waals surface area contributed by atoms with Crippen molar-refractivity contribution in [3.63, 3.8) is 0 Å². The van der Waals surface area contributed by atoms with E-state index in [0.717, 1.165) is 62.3 Å². The van der Waals surface area contributed by atoms with E-state index in [1.54, 1.807) is 20.5 Å². The lowest BCUT2D eigenvalue weighted by Crippen LogP contribution is -2.47. The first-order valence-corrected chi connectivity index (χ1v) is 8.71. The summed E-state index contributed by atoms with van der Waals surface area (Å²) in [5.41, 5.74) is 0.855. The third kappa shape index (κ3) is 3.93. The third-order valence-corrected chi connectivity index (χ3v) is 4.67. The molecule has 7 nitrogen and oxygen atoms in total. The number of piperazine rings is 1. The molecule has 1 fully saturated rings. The number of methoxy groups -OCH3 is 2. The molecule has 1 aliphatic heterocycles. The smallest absolute Gasteiger partial charge is 0.162 e. The van der Waals surface area contributed by atoms with E-state index in [9.17, 15) is 0 Å². The van der Waals surface area contributed by atoms with Crippen LogP contribution in [0.4, 0.5) is 5.82 Å². The topological polar surface area (TPSA) is 71.0 Å². The summed E-state index contributed by atoms with van der Waals surface area (Å²) >= 11 is 0. The monoisotopic (exact) mass is 346 g/mol. The van der Waals surface area contributed by atoms with Crippen LogP contribution in [-0.2, 0) is 0 Å². The van der Waals surface area contributed by atoms with Crippen LogP contribution in [0.3, 0.4) is 0 Å². The first-order valence-electron chi connectivity index (χ1n) is 8.71. The molecule has 1 aromatic heterocycles. The highest BCUT2D eigenvalue weighted by molar-refractivity contribution is 5.92. The van der Waals surface area contributed by atoms with Crippen LogP contribution >= 0.6 is 0 Å². The van der Waals surface area contributed by atoms with Gasteiger partial charge in [0.15, 0.2) is 11.5 Å². The minimum atomic E-state index is 0.276. The average Bonchev–Trinajstić information content (AvgIpc) is 2.67. The number of benzene rings is 1. The van der Waals surface area contributed by atoms with Crippen molar-refractivity contribution in [1.82, 2.24) is 14.9 Å². The second-order valence-electron chi connectivity index (χ2n) is 6.18. The standard InChI is InChI=1S/C18H26N4O3/c1-24-16-11-14-15(12-17(16)25-2)19-13-20-18(14)22-8-6-21(7-9-22)5-3-4-10-23/h11-13,23H,3-10H2,1-2H3. The Morgan fingerprint density at radius 1 is 1.00 bits per heavy atom. The fraction of sp³-hybridized carbons (Fsp3) is 0.556. The van der Waals surface area contributed by atoms with Crippen LogP contribution in [0.25, 0.3) is 10.9 Å².